The van der Waals surface area contributed by atoms with Gasteiger partial charge in [-0.3, -0.25) is 4.79 Å². The predicted molar refractivity (Wildman–Crippen MR) is 84.3 cm³/mol. The van der Waals surface area contributed by atoms with Gasteiger partial charge in [-0.2, -0.15) is 0 Å². The number of benzene rings is 2. The van der Waals surface area contributed by atoms with Crippen molar-refractivity contribution in [3.05, 3.63) is 65.2 Å². The molecule has 3 rings (SSSR count). The Morgan fingerprint density at radius 1 is 1.17 bits per heavy atom. The molecule has 0 radical (unpaired) electrons. The number of aromatic carboxylic acids is 1. The number of amides is 1. The molecule has 1 aliphatic heterocycles. The van der Waals surface area contributed by atoms with Crippen molar-refractivity contribution in [2.75, 3.05) is 6.61 Å². The van der Waals surface area contributed by atoms with Crippen LogP contribution in [0.2, 0.25) is 0 Å². The van der Waals surface area contributed by atoms with E-state index in [4.69, 9.17) is 9.84 Å². The van der Waals surface area contributed by atoms with Crippen LogP contribution in [0, 0.1) is 0 Å². The Labute approximate surface area is 134 Å². The van der Waals surface area contributed by atoms with Gasteiger partial charge in [0.25, 0.3) is 0 Å². The van der Waals surface area contributed by atoms with E-state index in [1.54, 1.807) is 11.0 Å². The van der Waals surface area contributed by atoms with Crippen LogP contribution in [-0.4, -0.2) is 28.5 Å². The number of hydrogen-bond acceptors (Lipinski definition) is 3. The van der Waals surface area contributed by atoms with E-state index in [1.165, 1.54) is 19.1 Å². The summed E-state index contributed by atoms with van der Waals surface area (Å²) in [5.41, 5.74) is 1.98. The number of rotatable bonds is 2. The molecule has 0 saturated heterocycles. The highest BCUT2D eigenvalue weighted by Gasteiger charge is 2.28. The lowest BCUT2D eigenvalue weighted by Crippen LogP contribution is -2.34. The molecule has 0 aromatic heterocycles. The summed E-state index contributed by atoms with van der Waals surface area (Å²) < 4.78 is 5.83. The average molecular weight is 311 g/mol. The summed E-state index contributed by atoms with van der Waals surface area (Å²) in [4.78, 5) is 25.0. The van der Waals surface area contributed by atoms with Crippen LogP contribution in [0.4, 0.5) is 0 Å². The third-order valence-corrected chi connectivity index (χ3v) is 4.02. The molecule has 0 spiro atoms. The zero-order chi connectivity index (χ0) is 16.4. The van der Waals surface area contributed by atoms with E-state index in [1.807, 2.05) is 30.3 Å². The van der Waals surface area contributed by atoms with Gasteiger partial charge < -0.3 is 14.7 Å². The highest BCUT2D eigenvalue weighted by molar-refractivity contribution is 5.88. The first-order chi connectivity index (χ1) is 11.1. The zero-order valence-corrected chi connectivity index (χ0v) is 12.7. The van der Waals surface area contributed by atoms with Gasteiger partial charge in [0.05, 0.1) is 18.2 Å². The number of nitrogens with zero attached hydrogens (tertiary/aromatic N) is 1. The van der Waals surface area contributed by atoms with Crippen LogP contribution in [0.25, 0.3) is 0 Å². The number of hydrogen-bond donors (Lipinski definition) is 1. The summed E-state index contributed by atoms with van der Waals surface area (Å²) in [6, 6.07) is 14.3. The molecule has 0 fully saturated rings. The van der Waals surface area contributed by atoms with Crippen molar-refractivity contribution in [3.8, 4) is 5.75 Å². The van der Waals surface area contributed by atoms with E-state index in [2.05, 4.69) is 0 Å². The standard InChI is InChI=1S/C18H17NO4/c1-12(20)19-10-15-8-7-14(18(21)22)9-17(15)23-11-16(19)13-5-3-2-4-6-13/h2-9,16H,10-11H2,1H3,(H,21,22)/t16-/m1/s1. The van der Waals surface area contributed by atoms with E-state index in [0.29, 0.717) is 18.9 Å². The van der Waals surface area contributed by atoms with Crippen LogP contribution in [0.1, 0.15) is 34.5 Å². The van der Waals surface area contributed by atoms with Crippen molar-refractivity contribution >= 4 is 11.9 Å². The van der Waals surface area contributed by atoms with Gasteiger partial charge in [-0.15, -0.1) is 0 Å². The quantitative estimate of drug-likeness (QED) is 0.926. The molecule has 1 N–H and O–H groups in total. The van der Waals surface area contributed by atoms with Crippen LogP contribution in [0.3, 0.4) is 0 Å². The summed E-state index contributed by atoms with van der Waals surface area (Å²) in [6.45, 7) is 2.22. The molecule has 1 amide bonds. The van der Waals surface area contributed by atoms with Gasteiger partial charge in [-0.1, -0.05) is 36.4 Å². The molecule has 5 nitrogen and oxygen atoms in total. The monoisotopic (exact) mass is 311 g/mol. The third-order valence-electron chi connectivity index (χ3n) is 4.02. The Balaban J connectivity index is 1.98. The normalized spacial score (nSPS) is 16.9. The molecule has 1 atom stereocenters. The SMILES string of the molecule is CC(=O)N1Cc2ccc(C(=O)O)cc2OC[C@@H]1c1ccccc1. The van der Waals surface area contributed by atoms with E-state index >= 15 is 0 Å². The van der Waals surface area contributed by atoms with Crippen LogP contribution in [0.5, 0.6) is 5.75 Å². The maximum atomic E-state index is 12.1. The summed E-state index contributed by atoms with van der Waals surface area (Å²) in [5.74, 6) is -0.518. The Morgan fingerprint density at radius 3 is 2.57 bits per heavy atom. The Kier molecular flexibility index (Phi) is 4.02. The molecule has 5 heteroatoms. The van der Waals surface area contributed by atoms with Crippen molar-refractivity contribution in [1.29, 1.82) is 0 Å². The minimum Gasteiger partial charge on any atom is -0.491 e. The highest BCUT2D eigenvalue weighted by Crippen LogP contribution is 2.32. The number of ether oxygens (including phenoxy) is 1. The number of carbonyl (C=O) groups is 2. The lowest BCUT2D eigenvalue weighted by Gasteiger charge is -2.28. The van der Waals surface area contributed by atoms with Gasteiger partial charge in [0.15, 0.2) is 0 Å². The molecule has 1 heterocycles. The summed E-state index contributed by atoms with van der Waals surface area (Å²) in [7, 11) is 0. The van der Waals surface area contributed by atoms with Crippen LogP contribution in [0.15, 0.2) is 48.5 Å². The number of carboxylic acid groups (broad SMARTS) is 1. The molecular weight excluding hydrogens is 294 g/mol. The van der Waals surface area contributed by atoms with E-state index in [9.17, 15) is 9.59 Å². The van der Waals surface area contributed by atoms with Crippen molar-refractivity contribution in [1.82, 2.24) is 4.90 Å². The van der Waals surface area contributed by atoms with Gasteiger partial charge in [0.2, 0.25) is 5.91 Å². The van der Waals surface area contributed by atoms with Gasteiger partial charge in [0.1, 0.15) is 12.4 Å². The minimum atomic E-state index is -0.997. The molecule has 0 saturated carbocycles. The summed E-state index contributed by atoms with van der Waals surface area (Å²) in [6.07, 6.45) is 0. The molecule has 2 aromatic rings. The van der Waals surface area contributed by atoms with Crippen LogP contribution < -0.4 is 4.74 Å². The predicted octanol–water partition coefficient (Wildman–Crippen LogP) is 2.87. The average Bonchev–Trinajstić information content (AvgIpc) is 2.74. The first-order valence-electron chi connectivity index (χ1n) is 7.37. The molecule has 118 valence electrons. The molecule has 23 heavy (non-hydrogen) atoms. The molecule has 2 aromatic carbocycles. The highest BCUT2D eigenvalue weighted by atomic mass is 16.5. The molecular formula is C18H17NO4. The lowest BCUT2D eigenvalue weighted by molar-refractivity contribution is -0.132. The second-order valence-corrected chi connectivity index (χ2v) is 5.51. The van der Waals surface area contributed by atoms with Crippen molar-refractivity contribution < 1.29 is 19.4 Å². The topological polar surface area (TPSA) is 66.8 Å². The number of carboxylic acids is 1. The maximum absolute atomic E-state index is 12.1. The van der Waals surface area contributed by atoms with E-state index < -0.39 is 5.97 Å². The second kappa shape index (κ2) is 6.12. The first-order valence-corrected chi connectivity index (χ1v) is 7.37. The molecule has 1 aliphatic rings. The van der Waals surface area contributed by atoms with Crippen LogP contribution in [-0.2, 0) is 11.3 Å². The van der Waals surface area contributed by atoms with Crippen molar-refractivity contribution in [3.63, 3.8) is 0 Å². The Morgan fingerprint density at radius 2 is 1.91 bits per heavy atom. The van der Waals surface area contributed by atoms with Crippen molar-refractivity contribution in [2.45, 2.75) is 19.5 Å². The molecule has 0 aliphatic carbocycles. The number of carbonyl (C=O) groups excluding carboxylic acids is 1. The van der Waals surface area contributed by atoms with E-state index in [-0.39, 0.29) is 17.5 Å². The molecule has 0 bridgehead atoms. The third kappa shape index (κ3) is 3.04. The van der Waals surface area contributed by atoms with Gasteiger partial charge >= 0.3 is 5.97 Å². The number of fused-ring (bicyclic) bond motifs is 1. The largest absolute Gasteiger partial charge is 0.491 e. The van der Waals surface area contributed by atoms with Crippen LogP contribution >= 0.6 is 0 Å². The van der Waals surface area contributed by atoms with Crippen molar-refractivity contribution in [2.24, 2.45) is 0 Å². The fourth-order valence-electron chi connectivity index (χ4n) is 2.79. The fraction of sp³-hybridized carbons (Fsp3) is 0.222. The maximum Gasteiger partial charge on any atom is 0.335 e. The first kappa shape index (κ1) is 15.1. The summed E-state index contributed by atoms with van der Waals surface area (Å²) >= 11 is 0. The fourth-order valence-corrected chi connectivity index (χ4v) is 2.79. The Hall–Kier alpha value is -2.82. The van der Waals surface area contributed by atoms with E-state index in [0.717, 1.165) is 11.1 Å². The minimum absolute atomic E-state index is 0.0439. The zero-order valence-electron chi connectivity index (χ0n) is 12.7. The summed E-state index contributed by atoms with van der Waals surface area (Å²) in [5, 5.41) is 9.11. The second-order valence-electron chi connectivity index (χ2n) is 5.51. The smallest absolute Gasteiger partial charge is 0.335 e. The van der Waals surface area contributed by atoms with Gasteiger partial charge in [-0.25, -0.2) is 4.79 Å². The Bertz CT molecular complexity index is 742. The lowest BCUT2D eigenvalue weighted by atomic mass is 10.1. The molecule has 0 unspecified atom stereocenters. The van der Waals surface area contributed by atoms with Gasteiger partial charge in [-0.05, 0) is 17.7 Å². The van der Waals surface area contributed by atoms with Gasteiger partial charge in [0, 0.05) is 12.5 Å².